The first-order valence-corrected chi connectivity index (χ1v) is 7.81. The Labute approximate surface area is 118 Å². The molecular formula is C13H19NO5S. The van der Waals surface area contributed by atoms with Crippen molar-refractivity contribution in [2.45, 2.75) is 19.1 Å². The van der Waals surface area contributed by atoms with Crippen molar-refractivity contribution >= 4 is 21.5 Å². The molecule has 0 aliphatic heterocycles. The second-order valence-electron chi connectivity index (χ2n) is 4.50. The van der Waals surface area contributed by atoms with Gasteiger partial charge in [-0.1, -0.05) is 0 Å². The number of hydrogen-bond acceptors (Lipinski definition) is 6. The number of methoxy groups -OCH3 is 1. The largest absolute Gasteiger partial charge is 0.497 e. The molecule has 0 saturated heterocycles. The van der Waals surface area contributed by atoms with Crippen LogP contribution in [0.4, 0.5) is 5.69 Å². The van der Waals surface area contributed by atoms with Crippen LogP contribution in [0.3, 0.4) is 0 Å². The van der Waals surface area contributed by atoms with E-state index in [1.54, 1.807) is 19.9 Å². The summed E-state index contributed by atoms with van der Waals surface area (Å²) in [7, 11) is -1.76. The van der Waals surface area contributed by atoms with E-state index < -0.39 is 21.1 Å². The van der Waals surface area contributed by atoms with Gasteiger partial charge in [0.2, 0.25) is 0 Å². The number of anilines is 1. The molecule has 0 atom stereocenters. The smallest absolute Gasteiger partial charge is 0.340 e. The molecule has 0 radical (unpaired) electrons. The Morgan fingerprint density at radius 2 is 2.00 bits per heavy atom. The second kappa shape index (κ2) is 6.60. The normalized spacial score (nSPS) is 11.4. The highest BCUT2D eigenvalue weighted by Crippen LogP contribution is 2.20. The van der Waals surface area contributed by atoms with Crippen LogP contribution >= 0.6 is 0 Å². The van der Waals surface area contributed by atoms with Gasteiger partial charge in [-0.25, -0.2) is 13.2 Å². The zero-order valence-corrected chi connectivity index (χ0v) is 12.6. The Kier molecular flexibility index (Phi) is 5.38. The Balaban J connectivity index is 2.69. The minimum Gasteiger partial charge on any atom is -0.497 e. The minimum absolute atomic E-state index is 0.159. The topological polar surface area (TPSA) is 95.7 Å². The highest BCUT2D eigenvalue weighted by atomic mass is 32.2. The standard InChI is InChI=1S/C13H19NO5S/c1-9(2)20(16,17)7-6-19-13(15)11-8-10(18-3)4-5-12(11)14/h4-5,8-9H,6-7,14H2,1-3H3. The maximum Gasteiger partial charge on any atom is 0.340 e. The van der Waals surface area contributed by atoms with Gasteiger partial charge in [-0.05, 0) is 32.0 Å². The van der Waals surface area contributed by atoms with Gasteiger partial charge in [0.15, 0.2) is 9.84 Å². The molecule has 7 heteroatoms. The number of carbonyl (C=O) groups excluding carboxylic acids is 1. The van der Waals surface area contributed by atoms with Crippen LogP contribution in [0.15, 0.2) is 18.2 Å². The molecule has 0 saturated carbocycles. The van der Waals surface area contributed by atoms with Crippen LogP contribution in [-0.4, -0.2) is 39.1 Å². The van der Waals surface area contributed by atoms with E-state index in [1.807, 2.05) is 0 Å². The van der Waals surface area contributed by atoms with Crippen LogP contribution in [0, 0.1) is 0 Å². The number of esters is 1. The van der Waals surface area contributed by atoms with Crippen molar-refractivity contribution in [1.29, 1.82) is 0 Å². The summed E-state index contributed by atoms with van der Waals surface area (Å²) in [6.07, 6.45) is 0. The number of nitrogen functional groups attached to an aromatic ring is 1. The zero-order valence-electron chi connectivity index (χ0n) is 11.8. The quantitative estimate of drug-likeness (QED) is 0.627. The van der Waals surface area contributed by atoms with E-state index in [2.05, 4.69) is 0 Å². The maximum absolute atomic E-state index is 11.8. The van der Waals surface area contributed by atoms with E-state index in [4.69, 9.17) is 15.2 Å². The number of sulfone groups is 1. The average Bonchev–Trinajstić information content (AvgIpc) is 2.38. The number of nitrogens with two attached hydrogens (primary N) is 1. The van der Waals surface area contributed by atoms with Crippen LogP contribution in [0.1, 0.15) is 24.2 Å². The van der Waals surface area contributed by atoms with Crippen molar-refractivity contribution in [2.24, 2.45) is 0 Å². The van der Waals surface area contributed by atoms with Crippen molar-refractivity contribution in [3.63, 3.8) is 0 Å². The molecule has 112 valence electrons. The first-order chi connectivity index (χ1) is 9.27. The molecule has 1 aromatic carbocycles. The second-order valence-corrected chi connectivity index (χ2v) is 7.18. The molecule has 0 aromatic heterocycles. The zero-order chi connectivity index (χ0) is 15.3. The van der Waals surface area contributed by atoms with E-state index in [9.17, 15) is 13.2 Å². The number of benzene rings is 1. The van der Waals surface area contributed by atoms with Gasteiger partial charge < -0.3 is 15.2 Å². The minimum atomic E-state index is -3.23. The Morgan fingerprint density at radius 1 is 1.35 bits per heavy atom. The monoisotopic (exact) mass is 301 g/mol. The van der Waals surface area contributed by atoms with Gasteiger partial charge in [-0.2, -0.15) is 0 Å². The van der Waals surface area contributed by atoms with E-state index >= 15 is 0 Å². The van der Waals surface area contributed by atoms with Crippen molar-refractivity contribution in [2.75, 3.05) is 25.2 Å². The average molecular weight is 301 g/mol. The SMILES string of the molecule is COc1ccc(N)c(C(=O)OCCS(=O)(=O)C(C)C)c1. The molecule has 0 spiro atoms. The Morgan fingerprint density at radius 3 is 2.55 bits per heavy atom. The van der Waals surface area contributed by atoms with E-state index in [0.717, 1.165) is 0 Å². The molecule has 0 bridgehead atoms. The van der Waals surface area contributed by atoms with Gasteiger partial charge in [-0.15, -0.1) is 0 Å². The van der Waals surface area contributed by atoms with Gasteiger partial charge in [-0.3, -0.25) is 0 Å². The van der Waals surface area contributed by atoms with Crippen LogP contribution in [0.2, 0.25) is 0 Å². The van der Waals surface area contributed by atoms with Crippen molar-refractivity contribution in [3.8, 4) is 5.75 Å². The molecule has 6 nitrogen and oxygen atoms in total. The first kappa shape index (κ1) is 16.3. The van der Waals surface area contributed by atoms with Crippen LogP contribution in [0.5, 0.6) is 5.75 Å². The lowest BCUT2D eigenvalue weighted by atomic mass is 10.2. The Hall–Kier alpha value is -1.76. The van der Waals surface area contributed by atoms with Gasteiger partial charge in [0, 0.05) is 5.69 Å². The molecule has 0 unspecified atom stereocenters. The Bertz CT molecular complexity index is 580. The molecule has 0 fully saturated rings. The molecule has 20 heavy (non-hydrogen) atoms. The summed E-state index contributed by atoms with van der Waals surface area (Å²) in [6.45, 7) is 2.96. The summed E-state index contributed by atoms with van der Waals surface area (Å²) < 4.78 is 33.1. The maximum atomic E-state index is 11.8. The molecule has 0 amide bonds. The van der Waals surface area contributed by atoms with Gasteiger partial charge in [0.25, 0.3) is 0 Å². The summed E-state index contributed by atoms with van der Waals surface area (Å²) in [5.74, 6) is -0.401. The van der Waals surface area contributed by atoms with Gasteiger partial charge >= 0.3 is 5.97 Å². The van der Waals surface area contributed by atoms with Gasteiger partial charge in [0.05, 0.1) is 23.7 Å². The van der Waals surface area contributed by atoms with E-state index in [1.165, 1.54) is 19.2 Å². The highest BCUT2D eigenvalue weighted by molar-refractivity contribution is 7.91. The molecule has 2 N–H and O–H groups in total. The lowest BCUT2D eigenvalue weighted by Gasteiger charge is -2.10. The third-order valence-corrected chi connectivity index (χ3v) is 4.97. The number of carbonyl (C=O) groups is 1. The summed E-state index contributed by atoms with van der Waals surface area (Å²) in [6, 6.07) is 4.60. The third kappa shape index (κ3) is 4.12. The van der Waals surface area contributed by atoms with Crippen LogP contribution in [0.25, 0.3) is 0 Å². The summed E-state index contributed by atoms with van der Waals surface area (Å²) in [4.78, 5) is 11.8. The molecule has 0 aliphatic carbocycles. The summed E-state index contributed by atoms with van der Waals surface area (Å²) in [5, 5.41) is -0.497. The molecular weight excluding hydrogens is 282 g/mol. The summed E-state index contributed by atoms with van der Waals surface area (Å²) in [5.41, 5.74) is 6.09. The fourth-order valence-corrected chi connectivity index (χ4v) is 2.19. The number of rotatable bonds is 6. The van der Waals surface area contributed by atoms with E-state index in [0.29, 0.717) is 5.75 Å². The third-order valence-electron chi connectivity index (χ3n) is 2.80. The van der Waals surface area contributed by atoms with Crippen LogP contribution in [-0.2, 0) is 14.6 Å². The fourth-order valence-electron chi connectivity index (χ4n) is 1.40. The number of ether oxygens (including phenoxy) is 2. The van der Waals surface area contributed by atoms with Crippen molar-refractivity contribution in [1.82, 2.24) is 0 Å². The van der Waals surface area contributed by atoms with Crippen molar-refractivity contribution < 1.29 is 22.7 Å². The lowest BCUT2D eigenvalue weighted by molar-refractivity contribution is 0.0530. The number of hydrogen-bond donors (Lipinski definition) is 1. The molecule has 0 aliphatic rings. The fraction of sp³-hybridized carbons (Fsp3) is 0.462. The molecule has 1 aromatic rings. The van der Waals surface area contributed by atoms with E-state index in [-0.39, 0.29) is 23.6 Å². The highest BCUT2D eigenvalue weighted by Gasteiger charge is 2.18. The van der Waals surface area contributed by atoms with Gasteiger partial charge in [0.1, 0.15) is 12.4 Å². The lowest BCUT2D eigenvalue weighted by Crippen LogP contribution is -2.22. The predicted octanol–water partition coefficient (Wildman–Crippen LogP) is 1.26. The van der Waals surface area contributed by atoms with Crippen LogP contribution < -0.4 is 10.5 Å². The molecule has 0 heterocycles. The first-order valence-electron chi connectivity index (χ1n) is 6.10. The summed E-state index contributed by atoms with van der Waals surface area (Å²) >= 11 is 0. The van der Waals surface area contributed by atoms with Crippen molar-refractivity contribution in [3.05, 3.63) is 23.8 Å². The predicted molar refractivity (Wildman–Crippen MR) is 76.6 cm³/mol. The molecule has 1 rings (SSSR count).